The van der Waals surface area contributed by atoms with Gasteiger partial charge in [0.15, 0.2) is 11.7 Å². The molecule has 25 heavy (non-hydrogen) atoms. The minimum atomic E-state index is -0.174. The first-order chi connectivity index (χ1) is 12.2. The molecule has 0 fully saturated rings. The Kier molecular flexibility index (Phi) is 6.02. The highest BCUT2D eigenvalue weighted by Crippen LogP contribution is 2.19. The third-order valence-electron chi connectivity index (χ3n) is 3.15. The number of hydrogen-bond donors (Lipinski definition) is 1. The molecule has 0 aliphatic carbocycles. The van der Waals surface area contributed by atoms with Gasteiger partial charge in [-0.25, -0.2) is 4.98 Å². The van der Waals surface area contributed by atoms with E-state index in [0.29, 0.717) is 16.2 Å². The monoisotopic (exact) mass is 376 g/mol. The Labute approximate surface area is 152 Å². The number of benzene rings is 1. The van der Waals surface area contributed by atoms with Gasteiger partial charge < -0.3 is 14.5 Å². The van der Waals surface area contributed by atoms with Crippen LogP contribution in [0.4, 0.5) is 5.13 Å². The molecular weight excluding hydrogens is 360 g/mol. The number of anilines is 1. The zero-order valence-electron chi connectivity index (χ0n) is 13.5. The summed E-state index contributed by atoms with van der Waals surface area (Å²) in [4.78, 5) is 15.8. The molecule has 0 saturated carbocycles. The second kappa shape index (κ2) is 8.63. The van der Waals surface area contributed by atoms with Crippen LogP contribution >= 0.6 is 23.1 Å². The number of aryl methyl sites for hydroxylation is 1. The molecule has 0 atom stereocenters. The van der Waals surface area contributed by atoms with Crippen LogP contribution in [0.2, 0.25) is 0 Å². The van der Waals surface area contributed by atoms with Crippen LogP contribution in [0, 0.1) is 0 Å². The van der Waals surface area contributed by atoms with E-state index in [-0.39, 0.29) is 18.3 Å². The molecule has 3 aromatic rings. The fourth-order valence-corrected chi connectivity index (χ4v) is 3.01. The van der Waals surface area contributed by atoms with Gasteiger partial charge in [-0.15, -0.1) is 21.5 Å². The molecule has 0 aliphatic rings. The van der Waals surface area contributed by atoms with Gasteiger partial charge in [0.2, 0.25) is 5.91 Å². The van der Waals surface area contributed by atoms with Gasteiger partial charge in [0.05, 0.1) is 5.75 Å². The highest BCUT2D eigenvalue weighted by atomic mass is 32.2. The van der Waals surface area contributed by atoms with E-state index >= 15 is 0 Å². The third-order valence-corrected chi connectivity index (χ3v) is 4.65. The van der Waals surface area contributed by atoms with Gasteiger partial charge in [-0.05, 0) is 24.1 Å². The van der Waals surface area contributed by atoms with E-state index in [4.69, 9.17) is 9.15 Å². The number of nitrogens with zero attached hydrogens (tertiary/aromatic N) is 3. The van der Waals surface area contributed by atoms with Crippen molar-refractivity contribution in [2.24, 2.45) is 0 Å². The topological polar surface area (TPSA) is 90.1 Å². The Morgan fingerprint density at radius 3 is 2.88 bits per heavy atom. The Hall–Kier alpha value is -2.39. The second-order valence-corrected chi connectivity index (χ2v) is 6.74. The maximum atomic E-state index is 11.8. The van der Waals surface area contributed by atoms with E-state index in [9.17, 15) is 4.79 Å². The molecule has 1 N–H and O–H groups in total. The SMILES string of the molecule is CCc1ccc(OCc2nnc(SCC(=O)Nc3nccs3)o2)cc1. The van der Waals surface area contributed by atoms with Crippen molar-refractivity contribution < 1.29 is 13.9 Å². The number of carbonyl (C=O) groups is 1. The van der Waals surface area contributed by atoms with Gasteiger partial charge in [-0.1, -0.05) is 30.8 Å². The van der Waals surface area contributed by atoms with Crippen molar-refractivity contribution in [2.45, 2.75) is 25.2 Å². The molecular formula is C16H16N4O3S2. The summed E-state index contributed by atoms with van der Waals surface area (Å²) >= 11 is 2.53. The number of amides is 1. The summed E-state index contributed by atoms with van der Waals surface area (Å²) in [6.07, 6.45) is 2.62. The van der Waals surface area contributed by atoms with Crippen molar-refractivity contribution in [1.82, 2.24) is 15.2 Å². The molecule has 2 aromatic heterocycles. The van der Waals surface area contributed by atoms with Crippen molar-refractivity contribution in [1.29, 1.82) is 0 Å². The molecule has 0 radical (unpaired) electrons. The van der Waals surface area contributed by atoms with E-state index in [0.717, 1.165) is 12.2 Å². The normalized spacial score (nSPS) is 10.6. The van der Waals surface area contributed by atoms with Gasteiger partial charge in [-0.2, -0.15) is 0 Å². The van der Waals surface area contributed by atoms with Crippen LogP contribution < -0.4 is 10.1 Å². The van der Waals surface area contributed by atoms with Crippen LogP contribution in [0.5, 0.6) is 5.75 Å². The van der Waals surface area contributed by atoms with Crippen molar-refractivity contribution >= 4 is 34.1 Å². The van der Waals surface area contributed by atoms with E-state index in [1.54, 1.807) is 11.6 Å². The van der Waals surface area contributed by atoms with Gasteiger partial charge in [-0.3, -0.25) is 4.79 Å². The number of ether oxygens (including phenoxy) is 1. The van der Waals surface area contributed by atoms with Crippen LogP contribution in [0.3, 0.4) is 0 Å². The minimum absolute atomic E-state index is 0.167. The molecule has 1 aromatic carbocycles. The molecule has 7 nitrogen and oxygen atoms in total. The average Bonchev–Trinajstić information content (AvgIpc) is 3.30. The Morgan fingerprint density at radius 2 is 2.16 bits per heavy atom. The fourth-order valence-electron chi connectivity index (χ4n) is 1.89. The molecule has 0 bridgehead atoms. The summed E-state index contributed by atoms with van der Waals surface area (Å²) < 4.78 is 11.1. The summed E-state index contributed by atoms with van der Waals surface area (Å²) in [6.45, 7) is 2.29. The van der Waals surface area contributed by atoms with Crippen molar-refractivity contribution in [2.75, 3.05) is 11.1 Å². The number of thioether (sulfide) groups is 1. The lowest BCUT2D eigenvalue weighted by molar-refractivity contribution is -0.113. The zero-order chi connectivity index (χ0) is 17.5. The molecule has 0 unspecified atom stereocenters. The smallest absolute Gasteiger partial charge is 0.277 e. The Morgan fingerprint density at radius 1 is 1.32 bits per heavy atom. The Bertz CT molecular complexity index is 803. The number of hydrogen-bond acceptors (Lipinski definition) is 8. The van der Waals surface area contributed by atoms with E-state index < -0.39 is 0 Å². The predicted octanol–water partition coefficient (Wildman–Crippen LogP) is 3.40. The van der Waals surface area contributed by atoms with Crippen molar-refractivity contribution in [3.63, 3.8) is 0 Å². The first kappa shape index (κ1) is 17.4. The minimum Gasteiger partial charge on any atom is -0.484 e. The predicted molar refractivity (Wildman–Crippen MR) is 95.9 cm³/mol. The van der Waals surface area contributed by atoms with Gasteiger partial charge in [0.25, 0.3) is 11.1 Å². The summed E-state index contributed by atoms with van der Waals surface area (Å²) in [5, 5.41) is 13.2. The van der Waals surface area contributed by atoms with E-state index in [1.165, 1.54) is 28.7 Å². The number of aromatic nitrogens is 3. The lowest BCUT2D eigenvalue weighted by Crippen LogP contribution is -2.13. The molecule has 2 heterocycles. The van der Waals surface area contributed by atoms with Gasteiger partial charge >= 0.3 is 0 Å². The summed E-state index contributed by atoms with van der Waals surface area (Å²) in [5.41, 5.74) is 1.25. The number of nitrogens with one attached hydrogen (secondary N) is 1. The number of thiazole rings is 1. The quantitative estimate of drug-likeness (QED) is 0.603. The first-order valence-electron chi connectivity index (χ1n) is 7.59. The summed E-state index contributed by atoms with van der Waals surface area (Å²) in [5.74, 6) is 1.10. The molecule has 1 amide bonds. The third kappa shape index (κ3) is 5.30. The van der Waals surface area contributed by atoms with Gasteiger partial charge in [0, 0.05) is 11.6 Å². The van der Waals surface area contributed by atoms with Gasteiger partial charge in [0.1, 0.15) is 5.75 Å². The first-order valence-corrected chi connectivity index (χ1v) is 9.45. The Balaban J connectivity index is 1.44. The second-order valence-electron chi connectivity index (χ2n) is 4.92. The summed E-state index contributed by atoms with van der Waals surface area (Å²) in [6, 6.07) is 7.86. The van der Waals surface area contributed by atoms with Crippen molar-refractivity contribution in [3.05, 3.63) is 47.3 Å². The molecule has 0 aliphatic heterocycles. The maximum absolute atomic E-state index is 11.8. The van der Waals surface area contributed by atoms with Crippen LogP contribution in [-0.2, 0) is 17.8 Å². The molecule has 0 saturated heterocycles. The van der Waals surface area contributed by atoms with Crippen molar-refractivity contribution in [3.8, 4) is 5.75 Å². The largest absolute Gasteiger partial charge is 0.484 e. The summed E-state index contributed by atoms with van der Waals surface area (Å²) in [7, 11) is 0. The highest BCUT2D eigenvalue weighted by molar-refractivity contribution is 7.99. The molecule has 0 spiro atoms. The zero-order valence-corrected chi connectivity index (χ0v) is 15.1. The van der Waals surface area contributed by atoms with Crippen LogP contribution in [0.25, 0.3) is 0 Å². The van der Waals surface area contributed by atoms with E-state index in [2.05, 4.69) is 27.4 Å². The standard InChI is InChI=1S/C16H16N4O3S2/c1-2-11-3-5-12(6-4-11)22-9-14-19-20-16(23-14)25-10-13(21)18-15-17-7-8-24-15/h3-8H,2,9-10H2,1H3,(H,17,18,21). The van der Waals surface area contributed by atoms with Crippen LogP contribution in [0.1, 0.15) is 18.4 Å². The fraction of sp³-hybridized carbons (Fsp3) is 0.250. The highest BCUT2D eigenvalue weighted by Gasteiger charge is 2.11. The lowest BCUT2D eigenvalue weighted by Gasteiger charge is -2.03. The van der Waals surface area contributed by atoms with E-state index in [1.807, 2.05) is 24.3 Å². The number of rotatable bonds is 8. The average molecular weight is 376 g/mol. The molecule has 130 valence electrons. The number of carbonyl (C=O) groups excluding carboxylic acids is 1. The van der Waals surface area contributed by atoms with Crippen LogP contribution in [0.15, 0.2) is 45.5 Å². The maximum Gasteiger partial charge on any atom is 0.277 e. The lowest BCUT2D eigenvalue weighted by atomic mass is 10.2. The van der Waals surface area contributed by atoms with Crippen LogP contribution in [-0.4, -0.2) is 26.8 Å². The molecule has 9 heteroatoms. The molecule has 3 rings (SSSR count).